The predicted molar refractivity (Wildman–Crippen MR) is 98.1 cm³/mol. The normalized spacial score (nSPS) is 14.3. The van der Waals surface area contributed by atoms with Gasteiger partial charge in [0.1, 0.15) is 0 Å². The maximum absolute atomic E-state index is 12.6. The molecule has 0 spiro atoms. The van der Waals surface area contributed by atoms with E-state index in [1.165, 1.54) is 0 Å². The third-order valence-electron chi connectivity index (χ3n) is 4.46. The number of amides is 1. The van der Waals surface area contributed by atoms with Crippen LogP contribution in [0.25, 0.3) is 5.82 Å². The Labute approximate surface area is 156 Å². The Hall–Kier alpha value is -3.49. The van der Waals surface area contributed by atoms with Gasteiger partial charge in [-0.2, -0.15) is 5.10 Å². The lowest BCUT2D eigenvalue weighted by molar-refractivity contribution is 0.0746. The molecule has 0 unspecified atom stereocenters. The van der Waals surface area contributed by atoms with Gasteiger partial charge in [-0.05, 0) is 24.3 Å². The first-order valence-corrected chi connectivity index (χ1v) is 8.62. The van der Waals surface area contributed by atoms with Gasteiger partial charge >= 0.3 is 0 Å². The van der Waals surface area contributed by atoms with E-state index in [4.69, 9.17) is 4.74 Å². The van der Waals surface area contributed by atoms with Crippen LogP contribution in [0.1, 0.15) is 10.4 Å². The van der Waals surface area contributed by atoms with E-state index in [-0.39, 0.29) is 5.91 Å². The summed E-state index contributed by atoms with van der Waals surface area (Å²) in [5.74, 6) is 1.94. The van der Waals surface area contributed by atoms with Gasteiger partial charge in [-0.1, -0.05) is 0 Å². The summed E-state index contributed by atoms with van der Waals surface area (Å²) in [5.41, 5.74) is 0.563. The molecule has 9 heteroatoms. The monoisotopic (exact) mass is 365 g/mol. The predicted octanol–water partition coefficient (Wildman–Crippen LogP) is 1.03. The van der Waals surface area contributed by atoms with Gasteiger partial charge in [0.25, 0.3) is 5.91 Å². The Morgan fingerprint density at radius 1 is 1.04 bits per heavy atom. The number of carbonyl (C=O) groups is 1. The Morgan fingerprint density at radius 2 is 1.81 bits per heavy atom. The molecule has 27 heavy (non-hydrogen) atoms. The molecule has 1 saturated heterocycles. The van der Waals surface area contributed by atoms with Crippen molar-refractivity contribution in [2.75, 3.05) is 38.2 Å². The number of carbonyl (C=O) groups excluding carboxylic acids is 1. The molecule has 3 aromatic rings. The summed E-state index contributed by atoms with van der Waals surface area (Å²) in [6.07, 6.45) is 5.07. The first-order valence-electron chi connectivity index (χ1n) is 8.62. The van der Waals surface area contributed by atoms with Crippen LogP contribution in [-0.4, -0.2) is 69.1 Å². The molecule has 0 atom stereocenters. The summed E-state index contributed by atoms with van der Waals surface area (Å²) in [7, 11) is 1.55. The molecule has 0 aliphatic carbocycles. The number of hydrogen-bond donors (Lipinski definition) is 0. The molecule has 4 rings (SSSR count). The molecule has 1 fully saturated rings. The number of pyridine rings is 1. The Balaban J connectivity index is 1.37. The molecule has 1 aliphatic heterocycles. The maximum atomic E-state index is 12.6. The van der Waals surface area contributed by atoms with Crippen LogP contribution in [-0.2, 0) is 0 Å². The van der Waals surface area contributed by atoms with Crippen molar-refractivity contribution in [2.24, 2.45) is 0 Å². The lowest BCUT2D eigenvalue weighted by atomic mass is 10.2. The van der Waals surface area contributed by atoms with E-state index in [0.717, 1.165) is 5.82 Å². The summed E-state index contributed by atoms with van der Waals surface area (Å²) in [4.78, 5) is 20.7. The van der Waals surface area contributed by atoms with Crippen molar-refractivity contribution < 1.29 is 9.53 Å². The molecule has 1 amide bonds. The topological polar surface area (TPSA) is 89.3 Å². The van der Waals surface area contributed by atoms with Crippen molar-refractivity contribution in [2.45, 2.75) is 0 Å². The van der Waals surface area contributed by atoms with Gasteiger partial charge in [-0.25, -0.2) is 9.67 Å². The highest BCUT2D eigenvalue weighted by Gasteiger charge is 2.23. The number of rotatable bonds is 4. The second-order valence-corrected chi connectivity index (χ2v) is 6.07. The van der Waals surface area contributed by atoms with E-state index in [2.05, 4.69) is 25.2 Å². The second-order valence-electron chi connectivity index (χ2n) is 6.07. The van der Waals surface area contributed by atoms with E-state index in [0.29, 0.717) is 43.4 Å². The minimum atomic E-state index is -0.0232. The van der Waals surface area contributed by atoms with Gasteiger partial charge < -0.3 is 14.5 Å². The molecule has 0 saturated carbocycles. The molecule has 4 heterocycles. The number of aromatic nitrogens is 5. The maximum Gasteiger partial charge on any atom is 0.255 e. The van der Waals surface area contributed by atoms with Gasteiger partial charge in [-0.15, -0.1) is 10.2 Å². The van der Waals surface area contributed by atoms with Gasteiger partial charge in [0, 0.05) is 50.8 Å². The molecule has 1 aliphatic rings. The minimum absolute atomic E-state index is 0.0232. The number of piperazine rings is 1. The van der Waals surface area contributed by atoms with E-state index >= 15 is 0 Å². The van der Waals surface area contributed by atoms with Crippen molar-refractivity contribution in [1.82, 2.24) is 29.9 Å². The quantitative estimate of drug-likeness (QED) is 0.682. The van der Waals surface area contributed by atoms with Crippen molar-refractivity contribution in [1.29, 1.82) is 0 Å². The van der Waals surface area contributed by atoms with Crippen molar-refractivity contribution >= 4 is 11.7 Å². The average Bonchev–Trinajstić information content (AvgIpc) is 3.28. The van der Waals surface area contributed by atoms with Gasteiger partial charge in [-0.3, -0.25) is 4.79 Å². The van der Waals surface area contributed by atoms with Crippen LogP contribution in [0.3, 0.4) is 0 Å². The Bertz CT molecular complexity index is 886. The summed E-state index contributed by atoms with van der Waals surface area (Å²) in [6, 6.07) is 9.08. The first-order chi connectivity index (χ1) is 13.2. The largest absolute Gasteiger partial charge is 0.481 e. The molecular formula is C18H19N7O2. The summed E-state index contributed by atoms with van der Waals surface area (Å²) < 4.78 is 6.69. The molecule has 0 bridgehead atoms. The highest BCUT2D eigenvalue weighted by Crippen LogP contribution is 2.16. The van der Waals surface area contributed by atoms with E-state index in [9.17, 15) is 4.79 Å². The Morgan fingerprint density at radius 3 is 2.41 bits per heavy atom. The third kappa shape index (κ3) is 3.57. The highest BCUT2D eigenvalue weighted by molar-refractivity contribution is 5.94. The van der Waals surface area contributed by atoms with Gasteiger partial charge in [0.2, 0.25) is 5.88 Å². The SMILES string of the molecule is COc1ccc(C(=O)N2CCN(c3ccc(-n4cccn4)nn3)CC2)cn1. The number of nitrogens with zero attached hydrogens (tertiary/aromatic N) is 7. The van der Waals surface area contributed by atoms with Crippen LogP contribution in [0, 0.1) is 0 Å². The lowest BCUT2D eigenvalue weighted by Gasteiger charge is -2.35. The van der Waals surface area contributed by atoms with E-state index < -0.39 is 0 Å². The fraction of sp³-hybridized carbons (Fsp3) is 0.278. The second kappa shape index (κ2) is 7.40. The number of hydrogen-bond acceptors (Lipinski definition) is 7. The van der Waals surface area contributed by atoms with Crippen LogP contribution in [0.4, 0.5) is 5.82 Å². The van der Waals surface area contributed by atoms with Crippen LogP contribution in [0.15, 0.2) is 48.9 Å². The van der Waals surface area contributed by atoms with Crippen LogP contribution in [0.5, 0.6) is 5.88 Å². The summed E-state index contributed by atoms with van der Waals surface area (Å²) >= 11 is 0. The van der Waals surface area contributed by atoms with Crippen molar-refractivity contribution in [3.63, 3.8) is 0 Å². The molecule has 0 radical (unpaired) electrons. The first kappa shape index (κ1) is 17.0. The van der Waals surface area contributed by atoms with E-state index in [1.54, 1.807) is 36.3 Å². The molecule has 0 N–H and O–H groups in total. The van der Waals surface area contributed by atoms with Crippen LogP contribution in [0.2, 0.25) is 0 Å². The molecule has 3 aromatic heterocycles. The number of methoxy groups -OCH3 is 1. The fourth-order valence-corrected chi connectivity index (χ4v) is 2.96. The standard InChI is InChI=1S/C18H19N7O2/c1-27-17-6-3-14(13-19-17)18(26)24-11-9-23(10-12-24)15-4-5-16(22-21-15)25-8-2-7-20-25/h2-8,13H,9-12H2,1H3. The molecule has 138 valence electrons. The van der Waals surface area contributed by atoms with Crippen LogP contribution >= 0.6 is 0 Å². The summed E-state index contributed by atoms with van der Waals surface area (Å²) in [5, 5.41) is 12.7. The van der Waals surface area contributed by atoms with Crippen LogP contribution < -0.4 is 9.64 Å². The molecule has 9 nitrogen and oxygen atoms in total. The Kier molecular flexibility index (Phi) is 4.65. The lowest BCUT2D eigenvalue weighted by Crippen LogP contribution is -2.49. The van der Waals surface area contributed by atoms with E-state index in [1.807, 2.05) is 29.3 Å². The zero-order chi connectivity index (χ0) is 18.6. The smallest absolute Gasteiger partial charge is 0.255 e. The van der Waals surface area contributed by atoms with Crippen molar-refractivity contribution in [3.05, 3.63) is 54.5 Å². The average molecular weight is 365 g/mol. The molecular weight excluding hydrogens is 346 g/mol. The van der Waals surface area contributed by atoms with Gasteiger partial charge in [0.15, 0.2) is 11.6 Å². The molecule has 0 aromatic carbocycles. The summed E-state index contributed by atoms with van der Waals surface area (Å²) in [6.45, 7) is 2.64. The van der Waals surface area contributed by atoms with Crippen molar-refractivity contribution in [3.8, 4) is 11.7 Å². The zero-order valence-electron chi connectivity index (χ0n) is 14.9. The highest BCUT2D eigenvalue weighted by atomic mass is 16.5. The minimum Gasteiger partial charge on any atom is -0.481 e. The zero-order valence-corrected chi connectivity index (χ0v) is 14.9. The third-order valence-corrected chi connectivity index (χ3v) is 4.46. The fourth-order valence-electron chi connectivity index (χ4n) is 2.96. The number of ether oxygens (including phenoxy) is 1. The number of anilines is 1. The van der Waals surface area contributed by atoms with Gasteiger partial charge in [0.05, 0.1) is 12.7 Å².